The topological polar surface area (TPSA) is 118 Å². The van der Waals surface area contributed by atoms with Gasteiger partial charge in [-0.05, 0) is 25.5 Å². The molecule has 0 heterocycles. The van der Waals surface area contributed by atoms with Crippen molar-refractivity contribution in [2.45, 2.75) is 26.3 Å². The minimum Gasteiger partial charge on any atom is -0.481 e. The first-order chi connectivity index (χ1) is 11.5. The van der Waals surface area contributed by atoms with Crippen LogP contribution >= 0.6 is 0 Å². The summed E-state index contributed by atoms with van der Waals surface area (Å²) >= 11 is 0. The molecule has 0 spiro atoms. The van der Waals surface area contributed by atoms with Crippen LogP contribution in [-0.4, -0.2) is 37.2 Å². The van der Waals surface area contributed by atoms with E-state index >= 15 is 0 Å². The van der Waals surface area contributed by atoms with Crippen molar-refractivity contribution in [2.24, 2.45) is 0 Å². The van der Waals surface area contributed by atoms with Gasteiger partial charge in [0, 0.05) is 6.04 Å². The Kier molecular flexibility index (Phi) is 7.78. The molecule has 0 aliphatic carbocycles. The molecule has 1 rings (SSSR count). The maximum atomic E-state index is 11.5. The average Bonchev–Trinajstić information content (AvgIpc) is 2.57. The lowest BCUT2D eigenvalue weighted by atomic mass is 10.2. The fourth-order valence-electron chi connectivity index (χ4n) is 1.53. The molecule has 1 aromatic carbocycles. The molecule has 0 unspecified atom stereocenters. The van der Waals surface area contributed by atoms with Crippen molar-refractivity contribution in [2.75, 3.05) is 13.2 Å². The van der Waals surface area contributed by atoms with Crippen molar-refractivity contribution < 1.29 is 23.9 Å². The van der Waals surface area contributed by atoms with Gasteiger partial charge in [-0.1, -0.05) is 19.1 Å². The third-order valence-corrected chi connectivity index (χ3v) is 2.96. The van der Waals surface area contributed by atoms with E-state index < -0.39 is 31.1 Å². The molecule has 128 valence electrons. The molecule has 0 aliphatic heterocycles. The van der Waals surface area contributed by atoms with Crippen molar-refractivity contribution in [1.82, 2.24) is 10.6 Å². The molecule has 1 aromatic rings. The number of imide groups is 1. The lowest BCUT2D eigenvalue weighted by Crippen LogP contribution is -2.44. The van der Waals surface area contributed by atoms with E-state index in [2.05, 4.69) is 5.32 Å². The van der Waals surface area contributed by atoms with Crippen LogP contribution in [0.4, 0.5) is 4.79 Å². The van der Waals surface area contributed by atoms with Gasteiger partial charge in [-0.25, -0.2) is 9.59 Å². The first-order valence-corrected chi connectivity index (χ1v) is 7.34. The summed E-state index contributed by atoms with van der Waals surface area (Å²) in [6.45, 7) is 2.63. The lowest BCUT2D eigenvalue weighted by Gasteiger charge is -2.12. The van der Waals surface area contributed by atoms with Crippen LogP contribution in [0, 0.1) is 11.3 Å². The number of amides is 3. The van der Waals surface area contributed by atoms with Crippen LogP contribution in [0.5, 0.6) is 5.75 Å². The summed E-state index contributed by atoms with van der Waals surface area (Å²) in [4.78, 5) is 34.4. The third-order valence-electron chi connectivity index (χ3n) is 2.96. The van der Waals surface area contributed by atoms with E-state index in [4.69, 9.17) is 14.7 Å². The molecule has 3 amide bonds. The van der Waals surface area contributed by atoms with Gasteiger partial charge < -0.3 is 14.8 Å². The van der Waals surface area contributed by atoms with Crippen LogP contribution in [0.25, 0.3) is 0 Å². The average molecular weight is 333 g/mol. The number of rotatable bonds is 7. The molecular weight excluding hydrogens is 314 g/mol. The molecule has 2 N–H and O–H groups in total. The van der Waals surface area contributed by atoms with E-state index in [-0.39, 0.29) is 17.4 Å². The number of ether oxygens (including phenoxy) is 2. The van der Waals surface area contributed by atoms with Gasteiger partial charge in [0.15, 0.2) is 13.2 Å². The summed E-state index contributed by atoms with van der Waals surface area (Å²) in [7, 11) is 0. The second-order valence-corrected chi connectivity index (χ2v) is 4.89. The quantitative estimate of drug-likeness (QED) is 0.722. The van der Waals surface area contributed by atoms with Gasteiger partial charge in [0.2, 0.25) is 0 Å². The number of hydrogen-bond acceptors (Lipinski definition) is 6. The zero-order valence-electron chi connectivity index (χ0n) is 13.5. The summed E-state index contributed by atoms with van der Waals surface area (Å²) in [5.74, 6) is -1.30. The monoisotopic (exact) mass is 333 g/mol. The van der Waals surface area contributed by atoms with Crippen molar-refractivity contribution in [1.29, 1.82) is 5.26 Å². The Labute approximate surface area is 139 Å². The van der Waals surface area contributed by atoms with Gasteiger partial charge in [-0.2, -0.15) is 5.26 Å². The summed E-state index contributed by atoms with van der Waals surface area (Å²) in [6, 6.07) is 7.61. The molecule has 8 heteroatoms. The second-order valence-electron chi connectivity index (χ2n) is 4.89. The minimum absolute atomic E-state index is 0.0750. The fraction of sp³-hybridized carbons (Fsp3) is 0.375. The number of urea groups is 1. The van der Waals surface area contributed by atoms with E-state index in [0.29, 0.717) is 0 Å². The predicted octanol–water partition coefficient (Wildman–Crippen LogP) is 1.10. The number of hydrogen-bond donors (Lipinski definition) is 2. The minimum atomic E-state index is -0.791. The number of nitrogens with one attached hydrogen (secondary N) is 2. The Hall–Kier alpha value is -3.08. The number of nitriles is 1. The first kappa shape index (κ1) is 19.0. The number of carbonyl (C=O) groups is 3. The normalized spacial score (nSPS) is 10.9. The molecular formula is C16H19N3O5. The Morgan fingerprint density at radius 3 is 2.62 bits per heavy atom. The number of benzene rings is 1. The number of nitrogens with zero attached hydrogens (tertiary/aromatic N) is 1. The van der Waals surface area contributed by atoms with E-state index in [9.17, 15) is 14.4 Å². The largest absolute Gasteiger partial charge is 0.481 e. The smallest absolute Gasteiger partial charge is 0.344 e. The number of esters is 1. The van der Waals surface area contributed by atoms with Crippen LogP contribution in [0.2, 0.25) is 0 Å². The molecule has 0 fully saturated rings. The SMILES string of the molecule is CC[C@@H](C)NC(=O)NC(=O)COC(=O)COc1ccccc1C#N. The first-order valence-electron chi connectivity index (χ1n) is 7.34. The van der Waals surface area contributed by atoms with E-state index in [1.165, 1.54) is 6.07 Å². The Morgan fingerprint density at radius 1 is 1.25 bits per heavy atom. The Morgan fingerprint density at radius 2 is 1.96 bits per heavy atom. The highest BCUT2D eigenvalue weighted by molar-refractivity contribution is 5.95. The molecule has 0 radical (unpaired) electrons. The van der Waals surface area contributed by atoms with Crippen molar-refractivity contribution in [3.8, 4) is 11.8 Å². The molecule has 0 aliphatic rings. The van der Waals surface area contributed by atoms with Crippen LogP contribution in [0.1, 0.15) is 25.8 Å². The molecule has 0 saturated heterocycles. The highest BCUT2D eigenvalue weighted by Gasteiger charge is 2.13. The molecule has 0 bridgehead atoms. The van der Waals surface area contributed by atoms with E-state index in [1.54, 1.807) is 25.1 Å². The van der Waals surface area contributed by atoms with E-state index in [1.807, 2.05) is 18.3 Å². The summed E-state index contributed by atoms with van der Waals surface area (Å²) in [5, 5.41) is 13.5. The molecule has 24 heavy (non-hydrogen) atoms. The van der Waals surface area contributed by atoms with Crippen LogP contribution in [0.15, 0.2) is 24.3 Å². The van der Waals surface area contributed by atoms with Gasteiger partial charge in [0.25, 0.3) is 5.91 Å². The standard InChI is InChI=1S/C16H19N3O5/c1-3-11(2)18-16(22)19-14(20)9-24-15(21)10-23-13-7-5-4-6-12(13)8-17/h4-7,11H,3,9-10H2,1-2H3,(H2,18,19,20,22)/t11-/m1/s1. The Bertz CT molecular complexity index is 639. The van der Waals surface area contributed by atoms with E-state index in [0.717, 1.165) is 6.42 Å². The van der Waals surface area contributed by atoms with Gasteiger partial charge in [0.1, 0.15) is 11.8 Å². The maximum Gasteiger partial charge on any atom is 0.344 e. The van der Waals surface area contributed by atoms with Crippen LogP contribution < -0.4 is 15.4 Å². The van der Waals surface area contributed by atoms with Gasteiger partial charge in [-0.15, -0.1) is 0 Å². The van der Waals surface area contributed by atoms with Crippen molar-refractivity contribution in [3.05, 3.63) is 29.8 Å². The molecule has 1 atom stereocenters. The number of carbonyl (C=O) groups excluding carboxylic acids is 3. The summed E-state index contributed by atoms with van der Waals surface area (Å²) in [6.07, 6.45) is 0.720. The van der Waals surface area contributed by atoms with Crippen molar-refractivity contribution in [3.63, 3.8) is 0 Å². The maximum absolute atomic E-state index is 11.5. The number of para-hydroxylation sites is 1. The lowest BCUT2D eigenvalue weighted by molar-refractivity contribution is -0.150. The van der Waals surface area contributed by atoms with Gasteiger partial charge in [-0.3, -0.25) is 10.1 Å². The molecule has 0 aromatic heterocycles. The third kappa shape index (κ3) is 6.79. The van der Waals surface area contributed by atoms with Crippen LogP contribution in [-0.2, 0) is 14.3 Å². The van der Waals surface area contributed by atoms with Gasteiger partial charge >= 0.3 is 12.0 Å². The zero-order chi connectivity index (χ0) is 17.9. The highest BCUT2D eigenvalue weighted by Crippen LogP contribution is 2.16. The van der Waals surface area contributed by atoms with Crippen molar-refractivity contribution >= 4 is 17.9 Å². The highest BCUT2D eigenvalue weighted by atomic mass is 16.6. The van der Waals surface area contributed by atoms with Gasteiger partial charge in [0.05, 0.1) is 5.56 Å². The summed E-state index contributed by atoms with van der Waals surface area (Å²) in [5.41, 5.74) is 0.282. The second kappa shape index (κ2) is 9.84. The molecule has 8 nitrogen and oxygen atoms in total. The summed E-state index contributed by atoms with van der Waals surface area (Å²) < 4.78 is 9.85. The molecule has 0 saturated carbocycles. The Balaban J connectivity index is 2.32. The fourth-order valence-corrected chi connectivity index (χ4v) is 1.53. The zero-order valence-corrected chi connectivity index (χ0v) is 13.5. The van der Waals surface area contributed by atoms with Crippen LogP contribution in [0.3, 0.4) is 0 Å². The predicted molar refractivity (Wildman–Crippen MR) is 84.0 cm³/mol.